The molecule has 32 heavy (non-hydrogen) atoms. The molecule has 0 unspecified atom stereocenters. The maximum Gasteiger partial charge on any atom is 0.573 e. The highest BCUT2D eigenvalue weighted by Crippen LogP contribution is 2.33. The second-order valence-electron chi connectivity index (χ2n) is 7.14. The van der Waals surface area contributed by atoms with Crippen molar-refractivity contribution in [1.29, 1.82) is 0 Å². The summed E-state index contributed by atoms with van der Waals surface area (Å²) >= 11 is 0. The normalized spacial score (nSPS) is 16.8. The Bertz CT molecular complexity index is 1140. The highest BCUT2D eigenvalue weighted by atomic mass is 19.4. The summed E-state index contributed by atoms with van der Waals surface area (Å²) in [5, 5.41) is 4.49. The first-order valence-corrected chi connectivity index (χ1v) is 9.68. The molecule has 1 saturated heterocycles. The molecule has 1 fully saturated rings. The van der Waals surface area contributed by atoms with Gasteiger partial charge in [0.15, 0.2) is 5.58 Å². The molecule has 0 radical (unpaired) electrons. The van der Waals surface area contributed by atoms with Crippen LogP contribution in [-0.2, 0) is 9.53 Å². The predicted octanol–water partition coefficient (Wildman–Crippen LogP) is 4.53. The molecular formula is C22H19F3N2O5. The molecule has 2 aromatic carbocycles. The second-order valence-corrected chi connectivity index (χ2v) is 7.14. The van der Waals surface area contributed by atoms with Gasteiger partial charge in [-0.15, -0.1) is 13.2 Å². The third kappa shape index (κ3) is 4.70. The molecule has 1 atom stereocenters. The molecule has 0 saturated carbocycles. The molecule has 0 aliphatic carbocycles. The van der Waals surface area contributed by atoms with Crippen LogP contribution in [0.2, 0.25) is 0 Å². The van der Waals surface area contributed by atoms with Gasteiger partial charge in [-0.25, -0.2) is 0 Å². The van der Waals surface area contributed by atoms with E-state index >= 15 is 0 Å². The van der Waals surface area contributed by atoms with Crippen molar-refractivity contribution in [1.82, 2.24) is 10.1 Å². The zero-order valence-electron chi connectivity index (χ0n) is 17.0. The number of nitrogens with zero attached hydrogens (tertiary/aromatic N) is 2. The number of hydrogen-bond donors (Lipinski definition) is 0. The van der Waals surface area contributed by atoms with Crippen LogP contribution in [0.15, 0.2) is 59.3 Å². The van der Waals surface area contributed by atoms with Crippen LogP contribution in [0.5, 0.6) is 11.6 Å². The first-order chi connectivity index (χ1) is 15.2. The van der Waals surface area contributed by atoms with Gasteiger partial charge in [0.05, 0.1) is 18.6 Å². The minimum Gasteiger partial charge on any atom is -0.439 e. The predicted molar refractivity (Wildman–Crippen MR) is 108 cm³/mol. The van der Waals surface area contributed by atoms with Crippen LogP contribution >= 0.6 is 0 Å². The summed E-state index contributed by atoms with van der Waals surface area (Å²) in [6, 6.07) is 10.2. The number of halogens is 3. The molecule has 168 valence electrons. The third-order valence-corrected chi connectivity index (χ3v) is 4.99. The molecule has 1 aliphatic heterocycles. The lowest BCUT2D eigenvalue weighted by Crippen LogP contribution is -2.49. The van der Waals surface area contributed by atoms with Gasteiger partial charge in [-0.05, 0) is 40.5 Å². The number of rotatable bonds is 5. The van der Waals surface area contributed by atoms with Gasteiger partial charge in [0, 0.05) is 13.5 Å². The maximum absolute atomic E-state index is 12.4. The highest BCUT2D eigenvalue weighted by Gasteiger charge is 2.31. The van der Waals surface area contributed by atoms with E-state index in [-0.39, 0.29) is 29.9 Å². The van der Waals surface area contributed by atoms with Crippen molar-refractivity contribution in [2.75, 3.05) is 19.8 Å². The smallest absolute Gasteiger partial charge is 0.439 e. The Morgan fingerprint density at radius 3 is 2.59 bits per heavy atom. The number of ether oxygens (including phenoxy) is 3. The summed E-state index contributed by atoms with van der Waals surface area (Å²) in [6.45, 7) is 6.52. The molecule has 1 aromatic heterocycles. The molecule has 10 heteroatoms. The maximum atomic E-state index is 12.4. The van der Waals surface area contributed by atoms with Gasteiger partial charge in [0.25, 0.3) is 5.88 Å². The first-order valence-electron chi connectivity index (χ1n) is 9.68. The van der Waals surface area contributed by atoms with Crippen molar-refractivity contribution < 1.29 is 36.7 Å². The summed E-state index contributed by atoms with van der Waals surface area (Å²) in [7, 11) is 0. The van der Waals surface area contributed by atoms with Gasteiger partial charge >= 0.3 is 6.36 Å². The second kappa shape index (κ2) is 8.54. The quantitative estimate of drug-likeness (QED) is 0.534. The number of alkyl halides is 3. The third-order valence-electron chi connectivity index (χ3n) is 4.99. The van der Waals surface area contributed by atoms with Crippen molar-refractivity contribution in [2.24, 2.45) is 0 Å². The van der Waals surface area contributed by atoms with Crippen LogP contribution in [0.25, 0.3) is 22.1 Å². The average molecular weight is 448 g/mol. The Kier molecular flexibility index (Phi) is 5.79. The Hall–Kier alpha value is -3.53. The van der Waals surface area contributed by atoms with E-state index < -0.39 is 12.4 Å². The molecule has 7 nitrogen and oxygen atoms in total. The van der Waals surface area contributed by atoms with Gasteiger partial charge < -0.3 is 23.6 Å². The molecule has 0 N–H and O–H groups in total. The fraction of sp³-hybridized carbons (Fsp3) is 0.273. The number of aromatic nitrogens is 1. The largest absolute Gasteiger partial charge is 0.573 e. The lowest BCUT2D eigenvalue weighted by atomic mass is 10.0. The van der Waals surface area contributed by atoms with Crippen LogP contribution in [0.3, 0.4) is 0 Å². The van der Waals surface area contributed by atoms with E-state index in [0.29, 0.717) is 35.2 Å². The van der Waals surface area contributed by atoms with Crippen LogP contribution in [-0.4, -0.2) is 48.1 Å². The van der Waals surface area contributed by atoms with Crippen molar-refractivity contribution in [3.05, 3.63) is 54.8 Å². The van der Waals surface area contributed by atoms with Crippen molar-refractivity contribution >= 4 is 16.9 Å². The zero-order chi connectivity index (χ0) is 22.9. The number of fused-ring (bicyclic) bond motifs is 1. The number of amides is 1. The summed E-state index contributed by atoms with van der Waals surface area (Å²) in [5.41, 5.74) is 1.83. The Morgan fingerprint density at radius 2 is 1.91 bits per heavy atom. The molecule has 0 bridgehead atoms. The zero-order valence-corrected chi connectivity index (χ0v) is 17.0. The number of morpholine rings is 1. The topological polar surface area (TPSA) is 74.0 Å². The minimum atomic E-state index is -4.75. The van der Waals surface area contributed by atoms with Crippen LogP contribution in [0.1, 0.15) is 6.92 Å². The van der Waals surface area contributed by atoms with E-state index in [1.165, 1.54) is 31.2 Å². The van der Waals surface area contributed by atoms with Crippen LogP contribution < -0.4 is 9.47 Å². The summed E-state index contributed by atoms with van der Waals surface area (Å²) in [5.74, 6) is 0.0257. The van der Waals surface area contributed by atoms with Crippen LogP contribution in [0, 0.1) is 0 Å². The molecule has 1 amide bonds. The number of benzene rings is 2. The van der Waals surface area contributed by atoms with Gasteiger partial charge in [-0.1, -0.05) is 24.8 Å². The fourth-order valence-electron chi connectivity index (χ4n) is 3.46. The number of hydrogen-bond acceptors (Lipinski definition) is 6. The first kappa shape index (κ1) is 21.7. The SMILES string of the molecule is C=C(Oc1noc2ccc(-c3ccc(OC(F)(F)F)cc3)cc12)[C@@H]1COCCN1C(C)=O. The van der Waals surface area contributed by atoms with E-state index in [4.69, 9.17) is 14.0 Å². The van der Waals surface area contributed by atoms with Gasteiger partial charge in [-0.2, -0.15) is 0 Å². The highest BCUT2D eigenvalue weighted by molar-refractivity contribution is 5.87. The van der Waals surface area contributed by atoms with E-state index in [1.807, 2.05) is 0 Å². The van der Waals surface area contributed by atoms with E-state index in [2.05, 4.69) is 16.5 Å². The van der Waals surface area contributed by atoms with E-state index in [0.717, 1.165) is 0 Å². The molecule has 1 aliphatic rings. The Balaban J connectivity index is 1.56. The Morgan fingerprint density at radius 1 is 1.19 bits per heavy atom. The van der Waals surface area contributed by atoms with E-state index in [1.54, 1.807) is 23.1 Å². The van der Waals surface area contributed by atoms with Gasteiger partial charge in [0.1, 0.15) is 17.6 Å². The Labute approximate surface area is 180 Å². The van der Waals surface area contributed by atoms with Gasteiger partial charge in [0.2, 0.25) is 5.91 Å². The monoisotopic (exact) mass is 448 g/mol. The fourth-order valence-corrected chi connectivity index (χ4v) is 3.46. The van der Waals surface area contributed by atoms with Gasteiger partial charge in [-0.3, -0.25) is 4.79 Å². The van der Waals surface area contributed by atoms with Crippen molar-refractivity contribution in [3.8, 4) is 22.8 Å². The standard InChI is InChI=1S/C22H19F3N2O5/c1-13(19-12-29-10-9-27(19)14(2)28)30-21-18-11-16(5-8-20(18)32-26-21)15-3-6-17(7-4-15)31-22(23,24)25/h3-8,11,19H,1,9-10,12H2,2H3/t19-/m0/s1. The molecular weight excluding hydrogens is 429 g/mol. The molecule has 0 spiro atoms. The van der Waals surface area contributed by atoms with Crippen molar-refractivity contribution in [3.63, 3.8) is 0 Å². The minimum absolute atomic E-state index is 0.117. The lowest BCUT2D eigenvalue weighted by Gasteiger charge is -2.35. The van der Waals surface area contributed by atoms with Crippen molar-refractivity contribution in [2.45, 2.75) is 19.3 Å². The summed E-state index contributed by atoms with van der Waals surface area (Å²) in [4.78, 5) is 13.5. The molecule has 4 rings (SSSR count). The lowest BCUT2D eigenvalue weighted by molar-refractivity contribution is -0.274. The molecule has 2 heterocycles. The summed E-state index contributed by atoms with van der Waals surface area (Å²) in [6.07, 6.45) is -4.75. The summed E-state index contributed by atoms with van der Waals surface area (Å²) < 4.78 is 57.6. The molecule has 3 aromatic rings. The van der Waals surface area contributed by atoms with E-state index in [9.17, 15) is 18.0 Å². The average Bonchev–Trinajstić information content (AvgIpc) is 3.15. The number of carbonyl (C=O) groups is 1. The van der Waals surface area contributed by atoms with Crippen LogP contribution in [0.4, 0.5) is 13.2 Å². The number of carbonyl (C=O) groups excluding carboxylic acids is 1.